The van der Waals surface area contributed by atoms with Crippen LogP contribution in [0.3, 0.4) is 0 Å². The van der Waals surface area contributed by atoms with Crippen LogP contribution in [0, 0.1) is 17.8 Å². The molecular formula is C14H27N. The predicted molar refractivity (Wildman–Crippen MR) is 65.7 cm³/mol. The van der Waals surface area contributed by atoms with Crippen LogP contribution in [0.25, 0.3) is 0 Å². The minimum absolute atomic E-state index is 0.537. The lowest BCUT2D eigenvalue weighted by atomic mass is 10.0. The van der Waals surface area contributed by atoms with E-state index in [-0.39, 0.29) is 0 Å². The molecule has 2 N–H and O–H groups in total. The van der Waals surface area contributed by atoms with Gasteiger partial charge in [-0.15, -0.1) is 0 Å². The second-order valence-electron chi connectivity index (χ2n) is 5.70. The highest BCUT2D eigenvalue weighted by Gasteiger charge is 2.52. The molecular weight excluding hydrogens is 182 g/mol. The lowest BCUT2D eigenvalue weighted by molar-refractivity contribution is 0.473. The number of fused-ring (bicyclic) bond motifs is 1. The topological polar surface area (TPSA) is 26.0 Å². The fourth-order valence-electron chi connectivity index (χ4n) is 3.68. The van der Waals surface area contributed by atoms with E-state index >= 15 is 0 Å². The third kappa shape index (κ3) is 2.75. The number of nitrogens with two attached hydrogens (primary N) is 1. The van der Waals surface area contributed by atoms with E-state index in [1.54, 1.807) is 0 Å². The number of unbranched alkanes of at least 4 members (excludes halogenated alkanes) is 3. The summed E-state index contributed by atoms with van der Waals surface area (Å²) in [5, 5.41) is 0. The first-order valence-corrected chi connectivity index (χ1v) is 7.10. The maximum Gasteiger partial charge on any atom is 0.00726 e. The molecule has 0 saturated heterocycles. The van der Waals surface area contributed by atoms with Gasteiger partial charge in [0.15, 0.2) is 0 Å². The summed E-state index contributed by atoms with van der Waals surface area (Å²) in [5.41, 5.74) is 6.32. The van der Waals surface area contributed by atoms with Gasteiger partial charge >= 0.3 is 0 Å². The Bertz CT molecular complexity index is 178. The third-order valence-electron chi connectivity index (χ3n) is 4.61. The molecule has 1 nitrogen and oxygen atoms in total. The first kappa shape index (κ1) is 11.4. The van der Waals surface area contributed by atoms with E-state index in [0.29, 0.717) is 6.04 Å². The Labute approximate surface area is 94.8 Å². The van der Waals surface area contributed by atoms with E-state index in [2.05, 4.69) is 6.92 Å². The molecule has 3 atom stereocenters. The van der Waals surface area contributed by atoms with Gasteiger partial charge in [0.2, 0.25) is 0 Å². The van der Waals surface area contributed by atoms with Crippen molar-refractivity contribution in [1.82, 2.24) is 0 Å². The molecule has 2 rings (SSSR count). The summed E-state index contributed by atoms with van der Waals surface area (Å²) >= 11 is 0. The standard InChI is InChI=1S/C14H27N/c1-2-3-4-5-10-13(15)14-11-8-6-7-9-12(11)14/h11-14H,2-10,15H2,1H3. The van der Waals surface area contributed by atoms with Crippen molar-refractivity contribution in [1.29, 1.82) is 0 Å². The third-order valence-corrected chi connectivity index (χ3v) is 4.61. The van der Waals surface area contributed by atoms with E-state index in [1.165, 1.54) is 57.8 Å². The van der Waals surface area contributed by atoms with Gasteiger partial charge in [0.05, 0.1) is 0 Å². The van der Waals surface area contributed by atoms with Crippen LogP contribution in [0.5, 0.6) is 0 Å². The molecule has 0 amide bonds. The van der Waals surface area contributed by atoms with Gasteiger partial charge in [-0.05, 0) is 37.0 Å². The zero-order valence-corrected chi connectivity index (χ0v) is 10.3. The molecule has 0 spiro atoms. The Morgan fingerprint density at radius 2 is 1.73 bits per heavy atom. The lowest BCUT2D eigenvalue weighted by Crippen LogP contribution is -2.23. The maximum absolute atomic E-state index is 6.32. The SMILES string of the molecule is CCCCCCC(N)C1C2CCCCC21. The van der Waals surface area contributed by atoms with E-state index in [9.17, 15) is 0 Å². The Kier molecular flexibility index (Phi) is 4.07. The zero-order chi connectivity index (χ0) is 10.7. The first-order chi connectivity index (χ1) is 7.34. The van der Waals surface area contributed by atoms with E-state index in [4.69, 9.17) is 5.73 Å². The fraction of sp³-hybridized carbons (Fsp3) is 1.00. The Balaban J connectivity index is 1.62. The molecule has 0 radical (unpaired) electrons. The molecule has 3 unspecified atom stereocenters. The Hall–Kier alpha value is -0.0400. The van der Waals surface area contributed by atoms with Crippen molar-refractivity contribution in [2.45, 2.75) is 70.8 Å². The first-order valence-electron chi connectivity index (χ1n) is 7.10. The average Bonchev–Trinajstić information content (AvgIpc) is 2.98. The molecule has 0 bridgehead atoms. The van der Waals surface area contributed by atoms with Gasteiger partial charge < -0.3 is 5.73 Å². The highest BCUT2D eigenvalue weighted by Crippen LogP contribution is 2.57. The van der Waals surface area contributed by atoms with Gasteiger partial charge in [-0.3, -0.25) is 0 Å². The van der Waals surface area contributed by atoms with Crippen molar-refractivity contribution in [3.8, 4) is 0 Å². The van der Waals surface area contributed by atoms with Gasteiger partial charge in [-0.2, -0.15) is 0 Å². The molecule has 2 fully saturated rings. The summed E-state index contributed by atoms with van der Waals surface area (Å²) in [6.45, 7) is 2.27. The quantitative estimate of drug-likeness (QED) is 0.663. The second kappa shape index (κ2) is 5.34. The van der Waals surface area contributed by atoms with Crippen LogP contribution < -0.4 is 5.73 Å². The van der Waals surface area contributed by atoms with Crippen molar-refractivity contribution < 1.29 is 0 Å². The molecule has 0 aromatic heterocycles. The largest absolute Gasteiger partial charge is 0.327 e. The van der Waals surface area contributed by atoms with Crippen LogP contribution in [0.2, 0.25) is 0 Å². The van der Waals surface area contributed by atoms with Gasteiger partial charge in [0.25, 0.3) is 0 Å². The summed E-state index contributed by atoms with van der Waals surface area (Å²) in [4.78, 5) is 0. The molecule has 15 heavy (non-hydrogen) atoms. The zero-order valence-electron chi connectivity index (χ0n) is 10.3. The normalized spacial score (nSPS) is 36.0. The minimum Gasteiger partial charge on any atom is -0.327 e. The van der Waals surface area contributed by atoms with Crippen molar-refractivity contribution >= 4 is 0 Å². The van der Waals surface area contributed by atoms with Crippen molar-refractivity contribution in [2.24, 2.45) is 23.5 Å². The molecule has 88 valence electrons. The molecule has 2 saturated carbocycles. The van der Waals surface area contributed by atoms with E-state index in [1.807, 2.05) is 0 Å². The molecule has 0 aromatic rings. The van der Waals surface area contributed by atoms with Crippen LogP contribution in [-0.2, 0) is 0 Å². The second-order valence-corrected chi connectivity index (χ2v) is 5.70. The van der Waals surface area contributed by atoms with Crippen molar-refractivity contribution in [3.05, 3.63) is 0 Å². The molecule has 0 aromatic carbocycles. The summed E-state index contributed by atoms with van der Waals surface area (Å²) < 4.78 is 0. The highest BCUT2D eigenvalue weighted by atomic mass is 14.7. The Morgan fingerprint density at radius 1 is 1.07 bits per heavy atom. The Morgan fingerprint density at radius 3 is 2.33 bits per heavy atom. The number of hydrogen-bond acceptors (Lipinski definition) is 1. The van der Waals surface area contributed by atoms with Gasteiger partial charge in [0, 0.05) is 6.04 Å². The van der Waals surface area contributed by atoms with E-state index < -0.39 is 0 Å². The molecule has 0 heterocycles. The summed E-state index contributed by atoms with van der Waals surface area (Å²) in [7, 11) is 0. The fourth-order valence-corrected chi connectivity index (χ4v) is 3.68. The summed E-state index contributed by atoms with van der Waals surface area (Å²) in [6, 6.07) is 0.537. The number of rotatable bonds is 6. The monoisotopic (exact) mass is 209 g/mol. The molecule has 2 aliphatic rings. The van der Waals surface area contributed by atoms with Gasteiger partial charge in [-0.1, -0.05) is 45.4 Å². The lowest BCUT2D eigenvalue weighted by Gasteiger charge is -2.10. The summed E-state index contributed by atoms with van der Waals surface area (Å²) in [6.07, 6.45) is 12.7. The smallest absolute Gasteiger partial charge is 0.00726 e. The minimum atomic E-state index is 0.537. The highest BCUT2D eigenvalue weighted by molar-refractivity contribution is 5.03. The van der Waals surface area contributed by atoms with Crippen LogP contribution in [-0.4, -0.2) is 6.04 Å². The molecule has 1 heteroatoms. The van der Waals surface area contributed by atoms with Crippen LogP contribution >= 0.6 is 0 Å². The van der Waals surface area contributed by atoms with Crippen LogP contribution in [0.4, 0.5) is 0 Å². The van der Waals surface area contributed by atoms with Crippen LogP contribution in [0.1, 0.15) is 64.7 Å². The van der Waals surface area contributed by atoms with E-state index in [0.717, 1.165) is 17.8 Å². The maximum atomic E-state index is 6.32. The van der Waals surface area contributed by atoms with Gasteiger partial charge in [-0.25, -0.2) is 0 Å². The van der Waals surface area contributed by atoms with Crippen molar-refractivity contribution in [3.63, 3.8) is 0 Å². The van der Waals surface area contributed by atoms with Crippen LogP contribution in [0.15, 0.2) is 0 Å². The average molecular weight is 209 g/mol. The van der Waals surface area contributed by atoms with Crippen molar-refractivity contribution in [2.75, 3.05) is 0 Å². The molecule has 0 aliphatic heterocycles. The predicted octanol–water partition coefficient (Wildman–Crippen LogP) is 3.72. The molecule has 2 aliphatic carbocycles. The summed E-state index contributed by atoms with van der Waals surface area (Å²) in [5.74, 6) is 3.01. The number of hydrogen-bond donors (Lipinski definition) is 1. The van der Waals surface area contributed by atoms with Gasteiger partial charge in [0.1, 0.15) is 0 Å².